The minimum Gasteiger partial charge on any atom is -0.454 e. The number of carbonyl (C=O) groups excluding carboxylic acids is 1. The third-order valence-corrected chi connectivity index (χ3v) is 5.27. The highest BCUT2D eigenvalue weighted by Crippen LogP contribution is 2.40. The summed E-state index contributed by atoms with van der Waals surface area (Å²) in [6, 6.07) is 7.83. The summed E-state index contributed by atoms with van der Waals surface area (Å²) in [5.41, 5.74) is 3.40. The first-order chi connectivity index (χ1) is 13.1. The van der Waals surface area contributed by atoms with Gasteiger partial charge in [-0.1, -0.05) is 6.07 Å². The summed E-state index contributed by atoms with van der Waals surface area (Å²) in [6.07, 6.45) is 4.00. The van der Waals surface area contributed by atoms with Gasteiger partial charge in [-0.05, 0) is 50.8 Å². The minimum atomic E-state index is -0.182. The molecule has 27 heavy (non-hydrogen) atoms. The summed E-state index contributed by atoms with van der Waals surface area (Å²) in [6.45, 7) is 4.21. The maximum atomic E-state index is 12.7. The van der Waals surface area contributed by atoms with Crippen molar-refractivity contribution in [1.29, 1.82) is 0 Å². The number of carbonyl (C=O) groups is 1. The zero-order chi connectivity index (χ0) is 18.5. The highest BCUT2D eigenvalue weighted by atomic mass is 16.7. The van der Waals surface area contributed by atoms with Crippen LogP contribution in [-0.2, 0) is 0 Å². The van der Waals surface area contributed by atoms with Gasteiger partial charge in [0, 0.05) is 17.3 Å². The fraction of sp³-hybridized carbons (Fsp3) is 0.350. The molecule has 1 aliphatic carbocycles. The molecule has 0 unspecified atom stereocenters. The van der Waals surface area contributed by atoms with Gasteiger partial charge in [0.25, 0.3) is 5.91 Å². The Bertz CT molecular complexity index is 1050. The fourth-order valence-corrected chi connectivity index (χ4v) is 3.54. The standard InChI is InChI=1S/C20H20N4O3/c1-11-8-15(14-4-3-5-16-18(14)27-10-26-16)23-19-17(21-9-24(11)19)20(25)22-12(2)13-6-7-13/h3-5,8-9,12-13H,6-7,10H2,1-2H3,(H,22,25)/t12-/m1/s1. The predicted molar refractivity (Wildman–Crippen MR) is 98.9 cm³/mol. The van der Waals surface area contributed by atoms with Gasteiger partial charge < -0.3 is 14.8 Å². The van der Waals surface area contributed by atoms with E-state index in [0.29, 0.717) is 28.8 Å². The van der Waals surface area contributed by atoms with Crippen molar-refractivity contribution in [2.24, 2.45) is 5.92 Å². The number of amides is 1. The van der Waals surface area contributed by atoms with Gasteiger partial charge in [0.2, 0.25) is 6.79 Å². The number of benzene rings is 1. The lowest BCUT2D eigenvalue weighted by Crippen LogP contribution is -2.34. The second kappa shape index (κ2) is 5.97. The molecular formula is C20H20N4O3. The Balaban J connectivity index is 1.58. The van der Waals surface area contributed by atoms with Crippen LogP contribution in [0, 0.1) is 12.8 Å². The lowest BCUT2D eigenvalue weighted by Gasteiger charge is -2.12. The Morgan fingerprint density at radius 2 is 2.19 bits per heavy atom. The first-order valence-corrected chi connectivity index (χ1v) is 9.16. The van der Waals surface area contributed by atoms with Crippen molar-refractivity contribution in [2.75, 3.05) is 6.79 Å². The van der Waals surface area contributed by atoms with E-state index in [-0.39, 0.29) is 18.7 Å². The Hall–Kier alpha value is -3.09. The smallest absolute Gasteiger partial charge is 0.274 e. The molecule has 138 valence electrons. The number of para-hydroxylation sites is 1. The van der Waals surface area contributed by atoms with Crippen LogP contribution in [-0.4, -0.2) is 33.1 Å². The largest absolute Gasteiger partial charge is 0.454 e. The van der Waals surface area contributed by atoms with Gasteiger partial charge >= 0.3 is 0 Å². The number of hydrogen-bond acceptors (Lipinski definition) is 5. The van der Waals surface area contributed by atoms with E-state index in [1.165, 1.54) is 12.8 Å². The van der Waals surface area contributed by atoms with Gasteiger partial charge in [0.15, 0.2) is 22.8 Å². The minimum absolute atomic E-state index is 0.154. The molecule has 0 saturated heterocycles. The number of nitrogens with one attached hydrogen (secondary N) is 1. The van der Waals surface area contributed by atoms with Crippen molar-refractivity contribution < 1.29 is 14.3 Å². The highest BCUT2D eigenvalue weighted by molar-refractivity contribution is 5.98. The van der Waals surface area contributed by atoms with Gasteiger partial charge in [-0.15, -0.1) is 0 Å². The van der Waals surface area contributed by atoms with E-state index in [1.54, 1.807) is 6.33 Å². The van der Waals surface area contributed by atoms with Crippen LogP contribution in [0.25, 0.3) is 16.9 Å². The van der Waals surface area contributed by atoms with E-state index in [0.717, 1.165) is 17.0 Å². The number of aryl methyl sites for hydroxylation is 1. The molecule has 1 amide bonds. The van der Waals surface area contributed by atoms with Gasteiger partial charge in [0.05, 0.1) is 5.69 Å². The lowest BCUT2D eigenvalue weighted by atomic mass is 10.1. The van der Waals surface area contributed by atoms with Gasteiger partial charge in [-0.25, -0.2) is 9.97 Å². The van der Waals surface area contributed by atoms with Crippen molar-refractivity contribution >= 4 is 11.6 Å². The molecule has 3 aromatic rings. The first kappa shape index (κ1) is 16.1. The Kier molecular flexibility index (Phi) is 3.56. The molecule has 1 N–H and O–H groups in total. The van der Waals surface area contributed by atoms with Crippen molar-refractivity contribution in [2.45, 2.75) is 32.7 Å². The Labute approximate surface area is 156 Å². The summed E-state index contributed by atoms with van der Waals surface area (Å²) < 4.78 is 12.9. The average molecular weight is 364 g/mol. The summed E-state index contributed by atoms with van der Waals surface area (Å²) in [4.78, 5) is 21.8. The van der Waals surface area contributed by atoms with Crippen LogP contribution < -0.4 is 14.8 Å². The van der Waals surface area contributed by atoms with Crippen LogP contribution >= 0.6 is 0 Å². The van der Waals surface area contributed by atoms with Crippen LogP contribution in [0.15, 0.2) is 30.6 Å². The maximum Gasteiger partial charge on any atom is 0.274 e. The highest BCUT2D eigenvalue weighted by Gasteiger charge is 2.30. The summed E-state index contributed by atoms with van der Waals surface area (Å²) in [5.74, 6) is 1.79. The monoisotopic (exact) mass is 364 g/mol. The second-order valence-corrected chi connectivity index (χ2v) is 7.21. The lowest BCUT2D eigenvalue weighted by molar-refractivity contribution is 0.0933. The number of fused-ring (bicyclic) bond motifs is 2. The van der Waals surface area contributed by atoms with Crippen molar-refractivity contribution in [1.82, 2.24) is 19.7 Å². The van der Waals surface area contributed by atoms with E-state index in [9.17, 15) is 4.79 Å². The van der Waals surface area contributed by atoms with E-state index in [1.807, 2.05) is 42.5 Å². The molecular weight excluding hydrogens is 344 g/mol. The van der Waals surface area contributed by atoms with Crippen molar-refractivity contribution in [3.8, 4) is 22.8 Å². The topological polar surface area (TPSA) is 77.8 Å². The summed E-state index contributed by atoms with van der Waals surface area (Å²) in [5, 5.41) is 3.06. The Morgan fingerprint density at radius 3 is 3.00 bits per heavy atom. The maximum absolute atomic E-state index is 12.7. The van der Waals surface area contributed by atoms with Crippen LogP contribution in [0.1, 0.15) is 35.9 Å². The van der Waals surface area contributed by atoms with E-state index in [4.69, 9.17) is 14.5 Å². The first-order valence-electron chi connectivity index (χ1n) is 9.16. The molecule has 7 heteroatoms. The van der Waals surface area contributed by atoms with Gasteiger partial charge in [-0.3, -0.25) is 9.20 Å². The number of imidazole rings is 1. The molecule has 1 atom stereocenters. The van der Waals surface area contributed by atoms with Crippen LogP contribution in [0.4, 0.5) is 0 Å². The third-order valence-electron chi connectivity index (χ3n) is 5.27. The number of nitrogens with zero attached hydrogens (tertiary/aromatic N) is 3. The van der Waals surface area contributed by atoms with Crippen molar-refractivity contribution in [3.63, 3.8) is 0 Å². The predicted octanol–water partition coefficient (Wildman–Crippen LogP) is 2.96. The van der Waals surface area contributed by atoms with Crippen molar-refractivity contribution in [3.05, 3.63) is 42.0 Å². The van der Waals surface area contributed by atoms with Crippen LogP contribution in [0.3, 0.4) is 0 Å². The normalized spacial score (nSPS) is 16.5. The third kappa shape index (κ3) is 2.70. The number of aromatic nitrogens is 3. The zero-order valence-electron chi connectivity index (χ0n) is 15.2. The number of ether oxygens (including phenoxy) is 2. The molecule has 0 radical (unpaired) electrons. The van der Waals surface area contributed by atoms with Crippen LogP contribution in [0.5, 0.6) is 11.5 Å². The molecule has 1 aromatic carbocycles. The molecule has 2 aliphatic rings. The van der Waals surface area contributed by atoms with Crippen LogP contribution in [0.2, 0.25) is 0 Å². The molecule has 0 bridgehead atoms. The van der Waals surface area contributed by atoms with Gasteiger partial charge in [0.1, 0.15) is 6.33 Å². The fourth-order valence-electron chi connectivity index (χ4n) is 3.54. The second-order valence-electron chi connectivity index (χ2n) is 7.21. The SMILES string of the molecule is Cc1cc(-c2cccc3c2OCO3)nc2c(C(=O)N[C@H](C)C3CC3)ncn12. The summed E-state index contributed by atoms with van der Waals surface area (Å²) in [7, 11) is 0. The van der Waals surface area contributed by atoms with E-state index < -0.39 is 0 Å². The molecule has 0 spiro atoms. The molecule has 2 aromatic heterocycles. The van der Waals surface area contributed by atoms with Gasteiger partial charge in [-0.2, -0.15) is 0 Å². The molecule has 1 saturated carbocycles. The molecule has 1 aliphatic heterocycles. The summed E-state index contributed by atoms with van der Waals surface area (Å²) >= 11 is 0. The number of rotatable bonds is 4. The van der Waals surface area contributed by atoms with E-state index >= 15 is 0 Å². The molecule has 5 rings (SSSR count). The quantitative estimate of drug-likeness (QED) is 0.770. The van der Waals surface area contributed by atoms with E-state index in [2.05, 4.69) is 10.3 Å². The molecule has 1 fully saturated rings. The Morgan fingerprint density at radius 1 is 1.33 bits per heavy atom. The molecule has 7 nitrogen and oxygen atoms in total. The number of hydrogen-bond donors (Lipinski definition) is 1. The average Bonchev–Trinajstić information content (AvgIpc) is 3.24. The zero-order valence-corrected chi connectivity index (χ0v) is 15.2. The molecule has 3 heterocycles.